The van der Waals surface area contributed by atoms with Gasteiger partial charge in [0.1, 0.15) is 5.65 Å². The summed E-state index contributed by atoms with van der Waals surface area (Å²) in [5.41, 5.74) is 7.45. The number of hydrogen-bond donors (Lipinski definition) is 1. The molecule has 0 amide bonds. The summed E-state index contributed by atoms with van der Waals surface area (Å²) in [5.74, 6) is 0.581. The summed E-state index contributed by atoms with van der Waals surface area (Å²) in [6, 6.07) is 22.9. The Labute approximate surface area is 190 Å². The molecule has 0 spiro atoms. The molecule has 0 unspecified atom stereocenters. The number of H-pyrrole nitrogens is 1. The zero-order chi connectivity index (χ0) is 22.0. The molecular formula is C25H23N7O. The van der Waals surface area contributed by atoms with Crippen LogP contribution >= 0.6 is 0 Å². The molecule has 33 heavy (non-hydrogen) atoms. The van der Waals surface area contributed by atoms with Crippen molar-refractivity contribution in [2.24, 2.45) is 0 Å². The molecule has 1 aliphatic heterocycles. The fourth-order valence-electron chi connectivity index (χ4n) is 4.31. The number of fused-ring (bicyclic) bond motifs is 1. The minimum atomic E-state index is 0.581. The van der Waals surface area contributed by atoms with E-state index < -0.39 is 0 Å². The number of morpholine rings is 1. The second-order valence-corrected chi connectivity index (χ2v) is 8.12. The first-order valence-electron chi connectivity index (χ1n) is 11.1. The van der Waals surface area contributed by atoms with Gasteiger partial charge in [0, 0.05) is 37.0 Å². The molecule has 2 aromatic carbocycles. The largest absolute Gasteiger partial charge is 0.379 e. The Balaban J connectivity index is 1.45. The van der Waals surface area contributed by atoms with Crippen LogP contribution in [0.4, 0.5) is 0 Å². The van der Waals surface area contributed by atoms with Gasteiger partial charge in [-0.15, -0.1) is 10.2 Å². The highest BCUT2D eigenvalue weighted by Gasteiger charge is 2.19. The molecule has 1 aliphatic rings. The number of imidazole rings is 1. The number of rotatable bonds is 5. The van der Waals surface area contributed by atoms with E-state index >= 15 is 0 Å². The van der Waals surface area contributed by atoms with Crippen molar-refractivity contribution in [1.82, 2.24) is 34.9 Å². The minimum Gasteiger partial charge on any atom is -0.379 e. The maximum Gasteiger partial charge on any atom is 0.204 e. The van der Waals surface area contributed by atoms with Gasteiger partial charge >= 0.3 is 0 Å². The molecule has 8 nitrogen and oxygen atoms in total. The van der Waals surface area contributed by atoms with Gasteiger partial charge in [-0.1, -0.05) is 54.6 Å². The van der Waals surface area contributed by atoms with Gasteiger partial charge in [0.05, 0.1) is 24.6 Å². The topological polar surface area (TPSA) is 84.2 Å². The Morgan fingerprint density at radius 1 is 0.818 bits per heavy atom. The standard InChI is InChI=1S/C25H23N7O/c1-2-4-18(5-3-1)21-10-11-23-26-24(19-6-8-20(9-7-19)25-27-29-30-28-25)22(32(23)16-21)17-31-12-14-33-15-13-31/h1-11,16H,12-15,17H2,(H,27,28,29,30). The third-order valence-electron chi connectivity index (χ3n) is 6.06. The van der Waals surface area contributed by atoms with Gasteiger partial charge in [-0.3, -0.25) is 4.90 Å². The molecule has 4 heterocycles. The predicted octanol–water partition coefficient (Wildman–Crippen LogP) is 3.68. The van der Waals surface area contributed by atoms with Crippen LogP contribution in [0.5, 0.6) is 0 Å². The number of aromatic nitrogens is 6. The third-order valence-corrected chi connectivity index (χ3v) is 6.06. The number of ether oxygens (including phenoxy) is 1. The lowest BCUT2D eigenvalue weighted by molar-refractivity contribution is 0.0336. The highest BCUT2D eigenvalue weighted by molar-refractivity contribution is 5.71. The average molecular weight is 438 g/mol. The van der Waals surface area contributed by atoms with Crippen molar-refractivity contribution >= 4 is 5.65 Å². The number of hydrogen-bond acceptors (Lipinski definition) is 6. The van der Waals surface area contributed by atoms with Crippen molar-refractivity contribution in [3.63, 3.8) is 0 Å². The third kappa shape index (κ3) is 3.90. The van der Waals surface area contributed by atoms with Gasteiger partial charge in [-0.25, -0.2) is 4.98 Å². The van der Waals surface area contributed by atoms with Gasteiger partial charge < -0.3 is 9.14 Å². The number of benzene rings is 2. The molecule has 6 rings (SSSR count). The number of nitrogens with one attached hydrogen (secondary N) is 1. The van der Waals surface area contributed by atoms with Crippen LogP contribution < -0.4 is 0 Å². The van der Waals surface area contributed by atoms with Gasteiger partial charge in [0.2, 0.25) is 5.82 Å². The molecule has 1 N–H and O–H groups in total. The Kier molecular flexibility index (Phi) is 5.14. The van der Waals surface area contributed by atoms with Gasteiger partial charge in [-0.05, 0) is 28.5 Å². The number of aromatic amines is 1. The van der Waals surface area contributed by atoms with Crippen molar-refractivity contribution in [3.8, 4) is 33.8 Å². The lowest BCUT2D eigenvalue weighted by atomic mass is 10.1. The van der Waals surface area contributed by atoms with Gasteiger partial charge in [0.15, 0.2) is 0 Å². The molecular weight excluding hydrogens is 414 g/mol. The number of nitrogens with zero attached hydrogens (tertiary/aromatic N) is 6. The molecule has 0 radical (unpaired) electrons. The lowest BCUT2D eigenvalue weighted by Gasteiger charge is -2.26. The first-order chi connectivity index (χ1) is 16.3. The maximum atomic E-state index is 5.56. The molecule has 1 fully saturated rings. The highest BCUT2D eigenvalue weighted by Crippen LogP contribution is 2.29. The van der Waals surface area contributed by atoms with Crippen LogP contribution in [0.15, 0.2) is 72.9 Å². The first-order valence-corrected chi connectivity index (χ1v) is 11.1. The zero-order valence-electron chi connectivity index (χ0n) is 18.1. The van der Waals surface area contributed by atoms with Crippen LogP contribution in [-0.2, 0) is 11.3 Å². The Morgan fingerprint density at radius 2 is 1.58 bits per heavy atom. The van der Waals surface area contributed by atoms with Crippen molar-refractivity contribution < 1.29 is 4.74 Å². The Hall–Kier alpha value is -3.88. The van der Waals surface area contributed by atoms with Crippen molar-refractivity contribution in [3.05, 3.63) is 78.6 Å². The smallest absolute Gasteiger partial charge is 0.204 e. The summed E-state index contributed by atoms with van der Waals surface area (Å²) in [7, 11) is 0. The summed E-state index contributed by atoms with van der Waals surface area (Å²) in [6.45, 7) is 4.18. The second kappa shape index (κ2) is 8.57. The van der Waals surface area contributed by atoms with Crippen LogP contribution in [0.1, 0.15) is 5.69 Å². The maximum absolute atomic E-state index is 5.56. The van der Waals surface area contributed by atoms with E-state index in [1.54, 1.807) is 0 Å². The second-order valence-electron chi connectivity index (χ2n) is 8.12. The van der Waals surface area contributed by atoms with Crippen LogP contribution in [-0.4, -0.2) is 61.2 Å². The minimum absolute atomic E-state index is 0.581. The summed E-state index contributed by atoms with van der Waals surface area (Å²) in [4.78, 5) is 7.46. The van der Waals surface area contributed by atoms with Crippen molar-refractivity contribution in [2.45, 2.75) is 6.54 Å². The molecule has 8 heteroatoms. The molecule has 164 valence electrons. The van der Waals surface area contributed by atoms with E-state index in [2.05, 4.69) is 84.7 Å². The summed E-state index contributed by atoms with van der Waals surface area (Å²) in [6.07, 6.45) is 2.20. The normalized spacial score (nSPS) is 14.7. The zero-order valence-corrected chi connectivity index (χ0v) is 18.1. The monoisotopic (exact) mass is 437 g/mol. The number of tetrazole rings is 1. The van der Waals surface area contributed by atoms with E-state index in [1.807, 2.05) is 18.2 Å². The average Bonchev–Trinajstić information content (AvgIpc) is 3.54. The van der Waals surface area contributed by atoms with Crippen LogP contribution in [0.25, 0.3) is 39.4 Å². The van der Waals surface area contributed by atoms with E-state index in [9.17, 15) is 0 Å². The van der Waals surface area contributed by atoms with Crippen LogP contribution in [0.2, 0.25) is 0 Å². The Bertz CT molecular complexity index is 1360. The fraction of sp³-hybridized carbons (Fsp3) is 0.200. The van der Waals surface area contributed by atoms with E-state index in [-0.39, 0.29) is 0 Å². The summed E-state index contributed by atoms with van der Waals surface area (Å²) >= 11 is 0. The number of pyridine rings is 1. The van der Waals surface area contributed by atoms with Crippen molar-refractivity contribution in [2.75, 3.05) is 26.3 Å². The van der Waals surface area contributed by atoms with Crippen LogP contribution in [0.3, 0.4) is 0 Å². The van der Waals surface area contributed by atoms with E-state index in [0.717, 1.165) is 55.3 Å². The molecule has 0 bridgehead atoms. The van der Waals surface area contributed by atoms with Crippen molar-refractivity contribution in [1.29, 1.82) is 0 Å². The van der Waals surface area contributed by atoms with E-state index in [0.29, 0.717) is 5.82 Å². The van der Waals surface area contributed by atoms with Gasteiger partial charge in [0.25, 0.3) is 0 Å². The molecule has 3 aromatic heterocycles. The lowest BCUT2D eigenvalue weighted by Crippen LogP contribution is -2.36. The van der Waals surface area contributed by atoms with E-state index in [1.165, 1.54) is 16.8 Å². The highest BCUT2D eigenvalue weighted by atomic mass is 16.5. The summed E-state index contributed by atoms with van der Waals surface area (Å²) < 4.78 is 7.80. The molecule has 0 aliphatic carbocycles. The summed E-state index contributed by atoms with van der Waals surface area (Å²) in [5, 5.41) is 14.3. The van der Waals surface area contributed by atoms with Crippen LogP contribution in [0, 0.1) is 0 Å². The molecule has 1 saturated heterocycles. The molecule has 5 aromatic rings. The first kappa shape index (κ1) is 19.8. The van der Waals surface area contributed by atoms with Gasteiger partial charge in [-0.2, -0.15) is 5.21 Å². The molecule has 0 atom stereocenters. The van der Waals surface area contributed by atoms with E-state index in [4.69, 9.17) is 9.72 Å². The predicted molar refractivity (Wildman–Crippen MR) is 125 cm³/mol. The Morgan fingerprint density at radius 3 is 2.33 bits per heavy atom. The quantitative estimate of drug-likeness (QED) is 0.452. The fourth-order valence-corrected chi connectivity index (χ4v) is 4.31. The molecule has 0 saturated carbocycles. The SMILES string of the molecule is c1ccc(-c2ccc3nc(-c4ccc(-c5nn[nH]n5)cc4)c(CN4CCOCC4)n3c2)cc1.